The number of benzene rings is 2. The molecular weight excluding hydrogens is 374 g/mol. The highest BCUT2D eigenvalue weighted by Gasteiger charge is 2.40. The fourth-order valence-electron chi connectivity index (χ4n) is 2.84. The van der Waals surface area contributed by atoms with E-state index < -0.39 is 23.8 Å². The van der Waals surface area contributed by atoms with Crippen molar-refractivity contribution in [3.63, 3.8) is 0 Å². The van der Waals surface area contributed by atoms with Crippen molar-refractivity contribution >= 4 is 56.0 Å². The lowest BCUT2D eigenvalue weighted by molar-refractivity contribution is -0.119. The molecule has 3 amide bonds. The summed E-state index contributed by atoms with van der Waals surface area (Å²) in [6.45, 7) is 1.52. The number of hydrogen-bond donors (Lipinski definition) is 1. The third-order valence-corrected chi connectivity index (χ3v) is 5.34. The number of rotatable bonds is 3. The van der Waals surface area contributed by atoms with E-state index in [1.165, 1.54) is 18.3 Å². The van der Waals surface area contributed by atoms with Crippen LogP contribution >= 0.6 is 22.9 Å². The van der Waals surface area contributed by atoms with Crippen LogP contribution < -0.4 is 5.32 Å². The zero-order chi connectivity index (χ0) is 18.4. The molecule has 0 aliphatic carbocycles. The third-order valence-electron chi connectivity index (χ3n) is 4.17. The normalized spacial score (nSPS) is 14.6. The molecule has 1 atom stereocenters. The molecule has 0 saturated heterocycles. The molecule has 0 bridgehead atoms. The Morgan fingerprint density at radius 1 is 1.15 bits per heavy atom. The standard InChI is InChI=1S/C18H12ClN3O3S/c1-9(22-16(24)11-4-2-3-5-12(11)17(22)25)15(23)21-18-20-13-7-6-10(19)8-14(13)26-18/h2-9H,1H3,(H,20,21,23)/t9-/m0/s1. The van der Waals surface area contributed by atoms with Gasteiger partial charge in [0.2, 0.25) is 5.91 Å². The number of halogens is 1. The molecule has 0 unspecified atom stereocenters. The van der Waals surface area contributed by atoms with Crippen molar-refractivity contribution in [2.24, 2.45) is 0 Å². The lowest BCUT2D eigenvalue weighted by Crippen LogP contribution is -2.45. The fourth-order valence-corrected chi connectivity index (χ4v) is 3.98. The summed E-state index contributed by atoms with van der Waals surface area (Å²) >= 11 is 7.23. The maximum Gasteiger partial charge on any atom is 0.262 e. The van der Waals surface area contributed by atoms with E-state index in [9.17, 15) is 14.4 Å². The third kappa shape index (κ3) is 2.65. The average Bonchev–Trinajstić information content (AvgIpc) is 3.13. The summed E-state index contributed by atoms with van der Waals surface area (Å²) in [5.41, 5.74) is 1.33. The number of amides is 3. The first kappa shape index (κ1) is 16.7. The van der Waals surface area contributed by atoms with Gasteiger partial charge in [-0.15, -0.1) is 0 Å². The maximum absolute atomic E-state index is 12.6. The molecule has 8 heteroatoms. The second-order valence-electron chi connectivity index (χ2n) is 5.82. The molecule has 0 radical (unpaired) electrons. The maximum atomic E-state index is 12.6. The van der Waals surface area contributed by atoms with Crippen LogP contribution in [0, 0.1) is 0 Å². The van der Waals surface area contributed by atoms with Crippen LogP contribution in [-0.2, 0) is 4.79 Å². The smallest absolute Gasteiger partial charge is 0.262 e. The number of aromatic nitrogens is 1. The van der Waals surface area contributed by atoms with Gasteiger partial charge in [0.05, 0.1) is 21.3 Å². The Hall–Kier alpha value is -2.77. The minimum absolute atomic E-state index is 0.312. The van der Waals surface area contributed by atoms with Crippen molar-refractivity contribution in [3.05, 3.63) is 58.6 Å². The Balaban J connectivity index is 1.56. The molecule has 4 rings (SSSR count). The number of anilines is 1. The average molecular weight is 386 g/mol. The van der Waals surface area contributed by atoms with Gasteiger partial charge in [-0.05, 0) is 37.3 Å². The summed E-state index contributed by atoms with van der Waals surface area (Å²) in [5.74, 6) is -1.42. The van der Waals surface area contributed by atoms with E-state index in [1.807, 2.05) is 0 Å². The molecule has 1 aliphatic heterocycles. The fraction of sp³-hybridized carbons (Fsp3) is 0.111. The molecule has 0 saturated carbocycles. The van der Waals surface area contributed by atoms with Crippen LogP contribution in [0.1, 0.15) is 27.6 Å². The molecule has 130 valence electrons. The van der Waals surface area contributed by atoms with Crippen molar-refractivity contribution in [2.75, 3.05) is 5.32 Å². The van der Waals surface area contributed by atoms with Crippen molar-refractivity contribution in [1.82, 2.24) is 9.88 Å². The van der Waals surface area contributed by atoms with Crippen molar-refractivity contribution < 1.29 is 14.4 Å². The van der Waals surface area contributed by atoms with E-state index in [-0.39, 0.29) is 0 Å². The van der Waals surface area contributed by atoms with Crippen LogP contribution in [-0.4, -0.2) is 33.6 Å². The van der Waals surface area contributed by atoms with Gasteiger partial charge in [-0.3, -0.25) is 19.3 Å². The molecule has 1 N–H and O–H groups in total. The molecule has 26 heavy (non-hydrogen) atoms. The zero-order valence-electron chi connectivity index (χ0n) is 13.5. The second kappa shape index (κ2) is 6.19. The Morgan fingerprint density at radius 2 is 1.81 bits per heavy atom. The zero-order valence-corrected chi connectivity index (χ0v) is 15.1. The molecule has 2 aromatic carbocycles. The Kier molecular flexibility index (Phi) is 3.97. The van der Waals surface area contributed by atoms with Gasteiger partial charge in [0.1, 0.15) is 6.04 Å². The molecule has 0 spiro atoms. The molecule has 1 aliphatic rings. The highest BCUT2D eigenvalue weighted by Crippen LogP contribution is 2.29. The van der Waals surface area contributed by atoms with Gasteiger partial charge in [0, 0.05) is 5.02 Å². The van der Waals surface area contributed by atoms with E-state index >= 15 is 0 Å². The van der Waals surface area contributed by atoms with Gasteiger partial charge in [0.15, 0.2) is 5.13 Å². The first-order chi connectivity index (χ1) is 12.5. The van der Waals surface area contributed by atoms with Crippen LogP contribution in [0.3, 0.4) is 0 Å². The van der Waals surface area contributed by atoms with Crippen molar-refractivity contribution in [1.29, 1.82) is 0 Å². The molecule has 1 aromatic heterocycles. The van der Waals surface area contributed by atoms with Crippen LogP contribution in [0.2, 0.25) is 5.02 Å². The first-order valence-corrected chi connectivity index (χ1v) is 8.99. The minimum atomic E-state index is -0.960. The van der Waals surface area contributed by atoms with Crippen molar-refractivity contribution in [3.8, 4) is 0 Å². The van der Waals surface area contributed by atoms with Crippen LogP contribution in [0.5, 0.6) is 0 Å². The minimum Gasteiger partial charge on any atom is -0.300 e. The highest BCUT2D eigenvalue weighted by molar-refractivity contribution is 7.22. The number of thiazole rings is 1. The number of hydrogen-bond acceptors (Lipinski definition) is 5. The number of nitrogens with zero attached hydrogens (tertiary/aromatic N) is 2. The van der Waals surface area contributed by atoms with Crippen LogP contribution in [0.15, 0.2) is 42.5 Å². The van der Waals surface area contributed by atoms with Gasteiger partial charge in [-0.1, -0.05) is 35.1 Å². The number of nitrogens with one attached hydrogen (secondary N) is 1. The van der Waals surface area contributed by atoms with Gasteiger partial charge in [-0.25, -0.2) is 4.98 Å². The Morgan fingerprint density at radius 3 is 2.46 bits per heavy atom. The number of carbonyl (C=O) groups is 3. The number of fused-ring (bicyclic) bond motifs is 2. The largest absolute Gasteiger partial charge is 0.300 e. The summed E-state index contributed by atoms with van der Waals surface area (Å²) < 4.78 is 0.834. The SMILES string of the molecule is C[C@@H](C(=O)Nc1nc2ccc(Cl)cc2s1)N1C(=O)c2ccccc2C1=O. The van der Waals surface area contributed by atoms with E-state index in [0.717, 1.165) is 9.60 Å². The Labute approximate surface area is 157 Å². The van der Waals surface area contributed by atoms with Gasteiger partial charge in [-0.2, -0.15) is 0 Å². The van der Waals surface area contributed by atoms with Gasteiger partial charge < -0.3 is 5.32 Å². The van der Waals surface area contributed by atoms with Crippen LogP contribution in [0.25, 0.3) is 10.2 Å². The van der Waals surface area contributed by atoms with Gasteiger partial charge >= 0.3 is 0 Å². The molecule has 0 fully saturated rings. The molecule has 2 heterocycles. The van der Waals surface area contributed by atoms with Crippen LogP contribution in [0.4, 0.5) is 5.13 Å². The predicted octanol–water partition coefficient (Wildman–Crippen LogP) is 3.57. The summed E-state index contributed by atoms with van der Waals surface area (Å²) in [7, 11) is 0. The number of carbonyl (C=O) groups excluding carboxylic acids is 3. The number of imide groups is 1. The lowest BCUT2D eigenvalue weighted by atomic mass is 10.1. The summed E-state index contributed by atoms with van der Waals surface area (Å²) in [5, 5.41) is 3.64. The molecule has 3 aromatic rings. The second-order valence-corrected chi connectivity index (χ2v) is 7.29. The summed E-state index contributed by atoms with van der Waals surface area (Å²) in [6.07, 6.45) is 0. The van der Waals surface area contributed by atoms with Gasteiger partial charge in [0.25, 0.3) is 11.8 Å². The topological polar surface area (TPSA) is 79.4 Å². The quantitative estimate of drug-likeness (QED) is 0.699. The predicted molar refractivity (Wildman–Crippen MR) is 99.7 cm³/mol. The molecular formula is C18H12ClN3O3S. The van der Waals surface area contributed by atoms with Crippen molar-refractivity contribution in [2.45, 2.75) is 13.0 Å². The first-order valence-electron chi connectivity index (χ1n) is 7.79. The lowest BCUT2D eigenvalue weighted by Gasteiger charge is -2.21. The summed E-state index contributed by atoms with van der Waals surface area (Å²) in [6, 6.07) is 10.8. The van der Waals surface area contributed by atoms with E-state index in [1.54, 1.807) is 42.5 Å². The summed E-state index contributed by atoms with van der Waals surface area (Å²) in [4.78, 5) is 42.8. The van der Waals surface area contributed by atoms with E-state index in [2.05, 4.69) is 10.3 Å². The monoisotopic (exact) mass is 385 g/mol. The molecule has 6 nitrogen and oxygen atoms in total. The van der Waals surface area contributed by atoms with E-state index in [4.69, 9.17) is 11.6 Å². The highest BCUT2D eigenvalue weighted by atomic mass is 35.5. The Bertz CT molecular complexity index is 1040. The van der Waals surface area contributed by atoms with E-state index in [0.29, 0.717) is 26.8 Å².